The van der Waals surface area contributed by atoms with E-state index in [0.717, 1.165) is 12.2 Å². The first-order chi connectivity index (χ1) is 11.2. The Morgan fingerprint density at radius 2 is 1.52 bits per heavy atom. The summed E-state index contributed by atoms with van der Waals surface area (Å²) in [7, 11) is 1.80. The SMILES string of the molecule is COc1c(C(C)(C)C)cc2c(c1-c1cc(C)cc(C)c1)C=C(C)C2.[Hf]. The molecule has 0 saturated carbocycles. The average Bonchev–Trinajstić information content (AvgIpc) is 2.82. The molecule has 1 nitrogen and oxygen atoms in total. The number of hydrogen-bond donors (Lipinski definition) is 0. The van der Waals surface area contributed by atoms with E-state index in [0.29, 0.717) is 0 Å². The first-order valence-corrected chi connectivity index (χ1v) is 8.71. The molecule has 2 aromatic rings. The zero-order valence-corrected chi connectivity index (χ0v) is 20.1. The van der Waals surface area contributed by atoms with Crippen LogP contribution >= 0.6 is 0 Å². The Labute approximate surface area is 171 Å². The number of fused-ring (bicyclic) bond motifs is 1. The summed E-state index contributed by atoms with van der Waals surface area (Å²) < 4.78 is 5.97. The van der Waals surface area contributed by atoms with E-state index >= 15 is 0 Å². The van der Waals surface area contributed by atoms with Crippen LogP contribution in [0.3, 0.4) is 0 Å². The van der Waals surface area contributed by atoms with Gasteiger partial charge in [0.25, 0.3) is 0 Å². The number of methoxy groups -OCH3 is 1. The molecule has 0 heterocycles. The van der Waals surface area contributed by atoms with Crippen LogP contribution in [0.25, 0.3) is 17.2 Å². The molecule has 0 atom stereocenters. The number of aryl methyl sites for hydroxylation is 2. The number of ether oxygens (including phenoxy) is 1. The summed E-state index contributed by atoms with van der Waals surface area (Å²) in [5.74, 6) is 1.03. The molecule has 130 valence electrons. The fraction of sp³-hybridized carbons (Fsp3) is 0.391. The van der Waals surface area contributed by atoms with E-state index in [1.807, 2.05) is 0 Å². The Balaban J connectivity index is 0.00000225. The van der Waals surface area contributed by atoms with Gasteiger partial charge in [-0.1, -0.05) is 67.8 Å². The maximum absolute atomic E-state index is 5.97. The third-order valence-electron chi connectivity index (χ3n) is 4.79. The van der Waals surface area contributed by atoms with E-state index in [2.05, 4.69) is 71.9 Å². The third-order valence-corrected chi connectivity index (χ3v) is 4.79. The quantitative estimate of drug-likeness (QED) is 0.446. The van der Waals surface area contributed by atoms with E-state index in [4.69, 9.17) is 4.74 Å². The van der Waals surface area contributed by atoms with Gasteiger partial charge in [-0.2, -0.15) is 0 Å². The summed E-state index contributed by atoms with van der Waals surface area (Å²) in [5.41, 5.74) is 10.6. The molecule has 0 unspecified atom stereocenters. The van der Waals surface area contributed by atoms with Crippen molar-refractivity contribution >= 4 is 6.08 Å². The van der Waals surface area contributed by atoms with Gasteiger partial charge in [-0.15, -0.1) is 0 Å². The van der Waals surface area contributed by atoms with E-state index < -0.39 is 0 Å². The Morgan fingerprint density at radius 1 is 0.920 bits per heavy atom. The van der Waals surface area contributed by atoms with Crippen molar-refractivity contribution in [2.45, 2.75) is 53.4 Å². The van der Waals surface area contributed by atoms with Crippen LogP contribution in [0.15, 0.2) is 29.8 Å². The van der Waals surface area contributed by atoms with Gasteiger partial charge in [-0.05, 0) is 49.3 Å². The third kappa shape index (κ3) is 3.84. The maximum Gasteiger partial charge on any atom is 0.131 e. The molecule has 0 aliphatic heterocycles. The Morgan fingerprint density at radius 3 is 2.04 bits per heavy atom. The van der Waals surface area contributed by atoms with Crippen molar-refractivity contribution in [3.63, 3.8) is 0 Å². The van der Waals surface area contributed by atoms with Crippen LogP contribution in [0.5, 0.6) is 5.75 Å². The molecule has 0 amide bonds. The number of benzene rings is 2. The fourth-order valence-electron chi connectivity index (χ4n) is 3.82. The second kappa shape index (κ2) is 7.23. The monoisotopic (exact) mass is 500 g/mol. The maximum atomic E-state index is 5.97. The minimum absolute atomic E-state index is 0. The summed E-state index contributed by atoms with van der Waals surface area (Å²) >= 11 is 0. The molecule has 0 spiro atoms. The summed E-state index contributed by atoms with van der Waals surface area (Å²) in [6, 6.07) is 9.14. The molecule has 0 saturated heterocycles. The molecular weight excluding hydrogens is 471 g/mol. The van der Waals surface area contributed by atoms with Crippen LogP contribution in [-0.2, 0) is 37.7 Å². The van der Waals surface area contributed by atoms with E-state index in [9.17, 15) is 0 Å². The van der Waals surface area contributed by atoms with E-state index in [1.54, 1.807) is 7.11 Å². The second-order valence-electron chi connectivity index (χ2n) is 8.20. The molecule has 1 aliphatic rings. The summed E-state index contributed by atoms with van der Waals surface area (Å²) in [4.78, 5) is 0. The van der Waals surface area contributed by atoms with Crippen LogP contribution in [0, 0.1) is 13.8 Å². The molecule has 0 fully saturated rings. The fourth-order valence-corrected chi connectivity index (χ4v) is 3.82. The molecule has 2 aromatic carbocycles. The number of allylic oxidation sites excluding steroid dienone is 1. The zero-order valence-electron chi connectivity index (χ0n) is 16.5. The second-order valence-corrected chi connectivity index (χ2v) is 8.20. The Kier molecular flexibility index (Phi) is 5.83. The van der Waals surface area contributed by atoms with Crippen molar-refractivity contribution in [1.29, 1.82) is 0 Å². The van der Waals surface area contributed by atoms with Crippen LogP contribution in [0.4, 0.5) is 0 Å². The normalized spacial score (nSPS) is 13.2. The average molecular weight is 499 g/mol. The number of rotatable bonds is 2. The van der Waals surface area contributed by atoms with Gasteiger partial charge in [0.15, 0.2) is 0 Å². The standard InChI is InChI=1S/C23H28O.Hf/c1-14-8-15(2)11-18(10-14)21-19-12-16(3)9-17(19)13-20(22(21)24-7)23(4,5)6;/h8,10-13H,9H2,1-7H3;. The smallest absolute Gasteiger partial charge is 0.131 e. The van der Waals surface area contributed by atoms with Gasteiger partial charge in [-0.3, -0.25) is 0 Å². The largest absolute Gasteiger partial charge is 0.496 e. The number of hydrogen-bond acceptors (Lipinski definition) is 1. The van der Waals surface area contributed by atoms with Gasteiger partial charge in [-0.25, -0.2) is 0 Å². The minimum atomic E-state index is 0. The van der Waals surface area contributed by atoms with Gasteiger partial charge in [0, 0.05) is 37.0 Å². The predicted octanol–water partition coefficient (Wildman–Crippen LogP) is 6.23. The van der Waals surface area contributed by atoms with Crippen molar-refractivity contribution in [3.05, 3.63) is 57.7 Å². The molecule has 3 rings (SSSR count). The topological polar surface area (TPSA) is 9.23 Å². The molecule has 25 heavy (non-hydrogen) atoms. The molecule has 0 aromatic heterocycles. The Bertz CT molecular complexity index is 818. The molecule has 2 heteroatoms. The summed E-state index contributed by atoms with van der Waals surface area (Å²) in [6.45, 7) is 13.3. The van der Waals surface area contributed by atoms with Gasteiger partial charge < -0.3 is 4.74 Å². The molecule has 0 bridgehead atoms. The summed E-state index contributed by atoms with van der Waals surface area (Å²) in [5, 5.41) is 0. The zero-order chi connectivity index (χ0) is 17.6. The predicted molar refractivity (Wildman–Crippen MR) is 104 cm³/mol. The van der Waals surface area contributed by atoms with Crippen molar-refractivity contribution in [2.75, 3.05) is 7.11 Å². The van der Waals surface area contributed by atoms with Gasteiger partial charge in [0.05, 0.1) is 7.11 Å². The molecule has 0 N–H and O–H groups in total. The van der Waals surface area contributed by atoms with Crippen LogP contribution < -0.4 is 4.74 Å². The first kappa shape index (κ1) is 20.2. The van der Waals surface area contributed by atoms with E-state index in [-0.39, 0.29) is 31.3 Å². The first-order valence-electron chi connectivity index (χ1n) is 8.71. The van der Waals surface area contributed by atoms with Crippen molar-refractivity contribution < 1.29 is 30.6 Å². The van der Waals surface area contributed by atoms with Gasteiger partial charge >= 0.3 is 0 Å². The summed E-state index contributed by atoms with van der Waals surface area (Å²) in [6.07, 6.45) is 3.37. The van der Waals surface area contributed by atoms with Crippen LogP contribution in [-0.4, -0.2) is 7.11 Å². The van der Waals surface area contributed by atoms with Crippen molar-refractivity contribution in [2.24, 2.45) is 0 Å². The van der Waals surface area contributed by atoms with Crippen molar-refractivity contribution in [1.82, 2.24) is 0 Å². The Hall–Kier alpha value is -1.15. The minimum Gasteiger partial charge on any atom is -0.496 e. The van der Waals surface area contributed by atoms with Gasteiger partial charge in [0.2, 0.25) is 0 Å². The van der Waals surface area contributed by atoms with Crippen LogP contribution in [0.1, 0.15) is 55.5 Å². The molecule has 0 radical (unpaired) electrons. The van der Waals surface area contributed by atoms with E-state index in [1.165, 1.54) is 44.5 Å². The molecular formula is C23H28HfO. The molecule has 1 aliphatic carbocycles. The van der Waals surface area contributed by atoms with Crippen molar-refractivity contribution in [3.8, 4) is 16.9 Å². The van der Waals surface area contributed by atoms with Crippen LogP contribution in [0.2, 0.25) is 0 Å². The van der Waals surface area contributed by atoms with Gasteiger partial charge in [0.1, 0.15) is 5.75 Å².